The molecule has 0 unspecified atom stereocenters. The summed E-state index contributed by atoms with van der Waals surface area (Å²) in [5, 5.41) is 21.7. The zero-order chi connectivity index (χ0) is 37.8. The molecule has 1 fully saturated rings. The van der Waals surface area contributed by atoms with E-state index in [2.05, 4.69) is 5.32 Å². The quantitative estimate of drug-likeness (QED) is 0.0508. The summed E-state index contributed by atoms with van der Waals surface area (Å²) in [4.78, 5) is 43.8. The minimum atomic E-state index is -4.47. The Balaban J connectivity index is 1.55. The Morgan fingerprint density at radius 2 is 1.52 bits per heavy atom. The van der Waals surface area contributed by atoms with Crippen molar-refractivity contribution in [3.05, 3.63) is 119 Å². The number of rotatable bonds is 10. The van der Waals surface area contributed by atoms with Crippen LogP contribution in [0.3, 0.4) is 0 Å². The molecular formula is C37H31IN6O6S2. The molecule has 2 aliphatic heterocycles. The summed E-state index contributed by atoms with van der Waals surface area (Å²) in [5.41, 5.74) is 2.29. The van der Waals surface area contributed by atoms with E-state index in [4.69, 9.17) is 12.2 Å². The number of fused-ring (bicyclic) bond motifs is 1. The van der Waals surface area contributed by atoms with Crippen LogP contribution < -0.4 is 20.0 Å². The van der Waals surface area contributed by atoms with E-state index in [1.165, 1.54) is 36.4 Å². The van der Waals surface area contributed by atoms with Gasteiger partial charge in [-0.2, -0.15) is 18.9 Å². The first-order chi connectivity index (χ1) is 24.7. The minimum absolute atomic E-state index is 0.0903. The third-order valence-electron chi connectivity index (χ3n) is 8.51. The molecule has 2 N–H and O–H groups in total. The van der Waals surface area contributed by atoms with Gasteiger partial charge in [0.15, 0.2) is 5.11 Å². The van der Waals surface area contributed by atoms with Gasteiger partial charge in [-0.1, -0.05) is 60.7 Å². The van der Waals surface area contributed by atoms with E-state index >= 15 is 0 Å². The van der Waals surface area contributed by atoms with Gasteiger partial charge in [0, 0.05) is 29.9 Å². The number of nitrogens with zero attached hydrogens (tertiary/aromatic N) is 5. The van der Waals surface area contributed by atoms with E-state index in [0.29, 0.717) is 29.5 Å². The highest BCUT2D eigenvalue weighted by atomic mass is 127. The van der Waals surface area contributed by atoms with Crippen LogP contribution in [0.25, 0.3) is 0 Å². The van der Waals surface area contributed by atoms with Crippen molar-refractivity contribution in [3.8, 4) is 12.1 Å². The number of allylic oxidation sites excluding steroid dienone is 5. The first-order valence-corrected chi connectivity index (χ1v) is 19.1. The number of anilines is 3. The largest absolute Gasteiger partial charge is 0.355 e. The maximum atomic E-state index is 14.0. The van der Waals surface area contributed by atoms with Gasteiger partial charge in [-0.3, -0.25) is 28.7 Å². The van der Waals surface area contributed by atoms with Crippen molar-refractivity contribution in [3.63, 3.8) is 0 Å². The molecular weight excluding hydrogens is 815 g/mol. The Hall–Kier alpha value is -5.20. The van der Waals surface area contributed by atoms with Gasteiger partial charge in [-0.25, -0.2) is 0 Å². The number of benzene rings is 3. The first-order valence-electron chi connectivity index (χ1n) is 15.8. The normalized spacial score (nSPS) is 16.3. The molecule has 0 radical (unpaired) electrons. The molecule has 264 valence electrons. The molecule has 15 heteroatoms. The molecule has 52 heavy (non-hydrogen) atoms. The second-order valence-electron chi connectivity index (χ2n) is 12.2. The molecule has 3 aromatic carbocycles. The topological polar surface area (TPSA) is 175 Å². The molecule has 3 aromatic rings. The number of carbonyl (C=O) groups excluding carboxylic acids is 3. The zero-order valence-electron chi connectivity index (χ0n) is 27.9. The van der Waals surface area contributed by atoms with Gasteiger partial charge in [0.05, 0.1) is 44.0 Å². The molecule has 1 saturated heterocycles. The van der Waals surface area contributed by atoms with Crippen molar-refractivity contribution in [2.24, 2.45) is 0 Å². The fourth-order valence-corrected chi connectivity index (χ4v) is 7.15. The predicted octanol–water partition coefficient (Wildman–Crippen LogP) is 5.45. The fourth-order valence-electron chi connectivity index (χ4n) is 6.00. The molecule has 5 rings (SSSR count). The molecule has 0 bridgehead atoms. The first kappa shape index (κ1) is 38.0. The number of nitrogens with one attached hydrogen (secondary N) is 1. The number of thiocarbonyl (C=S) groups is 1. The third kappa shape index (κ3) is 7.68. The smallest absolute Gasteiger partial charge is 0.294 e. The van der Waals surface area contributed by atoms with Gasteiger partial charge >= 0.3 is 0 Å². The van der Waals surface area contributed by atoms with Gasteiger partial charge in [-0.05, 0) is 91.0 Å². The van der Waals surface area contributed by atoms with Crippen LogP contribution in [-0.2, 0) is 29.9 Å². The van der Waals surface area contributed by atoms with Crippen molar-refractivity contribution in [2.45, 2.75) is 30.6 Å². The highest BCUT2D eigenvalue weighted by molar-refractivity contribution is 14.1. The second-order valence-corrected chi connectivity index (χ2v) is 14.7. The van der Waals surface area contributed by atoms with Crippen LogP contribution in [0.2, 0.25) is 0 Å². The molecule has 3 amide bonds. The number of alkyl halides is 1. The molecule has 0 spiro atoms. The van der Waals surface area contributed by atoms with Gasteiger partial charge in [-0.15, -0.1) is 0 Å². The van der Waals surface area contributed by atoms with E-state index in [0.717, 1.165) is 21.2 Å². The van der Waals surface area contributed by atoms with Gasteiger partial charge in [0.1, 0.15) is 5.57 Å². The van der Waals surface area contributed by atoms with Crippen LogP contribution in [0.15, 0.2) is 107 Å². The fraction of sp³-hybridized carbons (Fsp3) is 0.189. The molecule has 12 nitrogen and oxygen atoms in total. The predicted molar refractivity (Wildman–Crippen MR) is 208 cm³/mol. The number of amides is 3. The van der Waals surface area contributed by atoms with Crippen LogP contribution in [0.5, 0.6) is 0 Å². The average Bonchev–Trinajstić information content (AvgIpc) is 3.33. The van der Waals surface area contributed by atoms with Crippen molar-refractivity contribution in [1.82, 2.24) is 5.32 Å². The Labute approximate surface area is 320 Å². The highest BCUT2D eigenvalue weighted by Gasteiger charge is 2.42. The van der Waals surface area contributed by atoms with Crippen LogP contribution in [0, 0.1) is 22.7 Å². The lowest BCUT2D eigenvalue weighted by Crippen LogP contribution is -2.57. The summed E-state index contributed by atoms with van der Waals surface area (Å²) in [6.07, 6.45) is 6.90. The summed E-state index contributed by atoms with van der Waals surface area (Å²) in [6.45, 7) is 4.70. The lowest BCUT2D eigenvalue weighted by Gasteiger charge is -2.36. The summed E-state index contributed by atoms with van der Waals surface area (Å²) in [6, 6.07) is 21.0. The maximum Gasteiger partial charge on any atom is 0.294 e. The summed E-state index contributed by atoms with van der Waals surface area (Å²) in [5.74, 6) is -1.51. The molecule has 0 aliphatic carbocycles. The Morgan fingerprint density at radius 3 is 2.06 bits per heavy atom. The SMILES string of the molecule is CC1(C)/C(=C\C=C\C=C2C(=O)N(c3cccc(C#N)c3)C(=S)N(c3cccc(C#N)c3)C2=O)N(CCCNC(=O)CI)c2ccc(S(=O)(=O)O)cc21. The van der Waals surface area contributed by atoms with Crippen molar-refractivity contribution < 1.29 is 27.4 Å². The van der Waals surface area contributed by atoms with Crippen LogP contribution in [0.4, 0.5) is 17.1 Å². The summed E-state index contributed by atoms with van der Waals surface area (Å²) < 4.78 is 34.1. The summed E-state index contributed by atoms with van der Waals surface area (Å²) in [7, 11) is -4.47. The van der Waals surface area contributed by atoms with Crippen LogP contribution in [-0.4, -0.2) is 53.3 Å². The van der Waals surface area contributed by atoms with Crippen LogP contribution in [0.1, 0.15) is 37.0 Å². The van der Waals surface area contributed by atoms with E-state index in [1.807, 2.05) is 53.5 Å². The van der Waals surface area contributed by atoms with Crippen molar-refractivity contribution in [1.29, 1.82) is 10.5 Å². The average molecular weight is 847 g/mol. The lowest BCUT2D eigenvalue weighted by molar-refractivity contribution is -0.121. The molecule has 0 aromatic heterocycles. The van der Waals surface area contributed by atoms with E-state index < -0.39 is 27.3 Å². The highest BCUT2D eigenvalue weighted by Crippen LogP contribution is 2.48. The minimum Gasteiger partial charge on any atom is -0.355 e. The number of halogens is 1. The monoisotopic (exact) mass is 846 g/mol. The number of hydrogen-bond donors (Lipinski definition) is 2. The number of nitriles is 2. The Kier molecular flexibility index (Phi) is 11.4. The van der Waals surface area contributed by atoms with Gasteiger partial charge < -0.3 is 10.2 Å². The molecule has 0 atom stereocenters. The summed E-state index contributed by atoms with van der Waals surface area (Å²) >= 11 is 7.65. The van der Waals surface area contributed by atoms with Gasteiger partial charge in [0.25, 0.3) is 21.9 Å². The lowest BCUT2D eigenvalue weighted by atomic mass is 9.83. The number of carbonyl (C=O) groups is 3. The van der Waals surface area contributed by atoms with Crippen molar-refractivity contribution in [2.75, 3.05) is 32.2 Å². The Bertz CT molecular complexity index is 2210. The Morgan fingerprint density at radius 1 is 0.942 bits per heavy atom. The molecule has 0 saturated carbocycles. The van der Waals surface area contributed by atoms with E-state index in [-0.39, 0.29) is 44.0 Å². The molecule has 2 heterocycles. The molecule has 2 aliphatic rings. The van der Waals surface area contributed by atoms with E-state index in [9.17, 15) is 37.9 Å². The van der Waals surface area contributed by atoms with Crippen LogP contribution >= 0.6 is 34.8 Å². The van der Waals surface area contributed by atoms with Gasteiger partial charge in [0.2, 0.25) is 5.91 Å². The second kappa shape index (κ2) is 15.6. The van der Waals surface area contributed by atoms with Crippen molar-refractivity contribution >= 4 is 84.8 Å². The third-order valence-corrected chi connectivity index (χ3v) is 10.4. The zero-order valence-corrected chi connectivity index (χ0v) is 31.7. The maximum absolute atomic E-state index is 14.0. The van der Waals surface area contributed by atoms with E-state index in [1.54, 1.807) is 54.6 Å². The standard InChI is InChI=1S/C37H31IN6O6S2/c1-37(2)30-20-28(52(48,49)50)14-15-31(30)42(17-7-16-41-33(45)21-38)32(37)13-4-3-12-29-34(46)43(26-10-5-8-24(18-26)22-39)36(51)44(35(29)47)27-11-6-9-25(19-27)23-40/h3-6,8-15,18-20H,7,16-17,21H2,1-2H3,(H,41,45)(H,48,49,50)/b4-3+,32-13+. The number of hydrogen-bond acceptors (Lipinski definition) is 9.